The van der Waals surface area contributed by atoms with Crippen LogP contribution in [-0.4, -0.2) is 16.0 Å². The van der Waals surface area contributed by atoms with Crippen molar-refractivity contribution in [1.29, 1.82) is 0 Å². The summed E-state index contributed by atoms with van der Waals surface area (Å²) in [5.41, 5.74) is 2.45. The van der Waals surface area contributed by atoms with E-state index in [2.05, 4.69) is 34.6 Å². The van der Waals surface area contributed by atoms with E-state index >= 15 is 0 Å². The van der Waals surface area contributed by atoms with Crippen molar-refractivity contribution in [3.05, 3.63) is 35.9 Å². The predicted molar refractivity (Wildman–Crippen MR) is 62.5 cm³/mol. The Bertz CT molecular complexity index is 498. The molecule has 0 amide bonds. The quantitative estimate of drug-likeness (QED) is 0.732. The lowest BCUT2D eigenvalue weighted by Crippen LogP contribution is -2.14. The normalized spacial score (nSPS) is 21.4. The zero-order chi connectivity index (χ0) is 11.0. The Labute approximate surface area is 95.1 Å². The zero-order valence-corrected chi connectivity index (χ0v) is 9.52. The zero-order valence-electron chi connectivity index (χ0n) is 9.52. The fourth-order valence-corrected chi connectivity index (χ4v) is 2.37. The van der Waals surface area contributed by atoms with Gasteiger partial charge in [0.25, 0.3) is 0 Å². The molecule has 0 N–H and O–H groups in total. The molecule has 3 nitrogen and oxygen atoms in total. The Kier molecular flexibility index (Phi) is 2.40. The highest BCUT2D eigenvalue weighted by Crippen LogP contribution is 2.27. The van der Waals surface area contributed by atoms with Crippen molar-refractivity contribution in [3.63, 3.8) is 0 Å². The third-order valence-electron chi connectivity index (χ3n) is 3.28. The van der Waals surface area contributed by atoms with Gasteiger partial charge in [-0.05, 0) is 37.8 Å². The minimum absolute atomic E-state index is 0.179. The van der Waals surface area contributed by atoms with E-state index in [4.69, 9.17) is 4.74 Å². The molecule has 0 aromatic carbocycles. The Hall–Kier alpha value is -1.35. The number of nitrogens with zero attached hydrogens (tertiary/aromatic N) is 2. The van der Waals surface area contributed by atoms with Gasteiger partial charge in [-0.25, -0.2) is 4.98 Å². The second-order valence-electron chi connectivity index (χ2n) is 4.42. The predicted octanol–water partition coefficient (Wildman–Crippen LogP) is 2.88. The molecule has 16 heavy (non-hydrogen) atoms. The van der Waals surface area contributed by atoms with Crippen molar-refractivity contribution in [2.75, 3.05) is 6.61 Å². The molecule has 0 spiro atoms. The van der Waals surface area contributed by atoms with Gasteiger partial charge in [0.15, 0.2) is 0 Å². The van der Waals surface area contributed by atoms with E-state index < -0.39 is 0 Å². The number of aryl methyl sites for hydroxylation is 1. The second kappa shape index (κ2) is 3.91. The van der Waals surface area contributed by atoms with Crippen molar-refractivity contribution in [3.8, 4) is 0 Å². The van der Waals surface area contributed by atoms with E-state index in [1.54, 1.807) is 0 Å². The molecular formula is C13H16N2O. The molecule has 0 saturated carbocycles. The number of fused-ring (bicyclic) bond motifs is 1. The summed E-state index contributed by atoms with van der Waals surface area (Å²) >= 11 is 0. The molecule has 0 aliphatic carbocycles. The fraction of sp³-hybridized carbons (Fsp3) is 0.462. The van der Waals surface area contributed by atoms with E-state index in [9.17, 15) is 0 Å². The Balaban J connectivity index is 2.06. The first-order valence-corrected chi connectivity index (χ1v) is 5.90. The molecule has 3 heterocycles. The molecule has 3 heteroatoms. The molecule has 0 bridgehead atoms. The van der Waals surface area contributed by atoms with Gasteiger partial charge in [-0.15, -0.1) is 0 Å². The lowest BCUT2D eigenvalue weighted by Gasteiger charge is -2.21. The van der Waals surface area contributed by atoms with Gasteiger partial charge in [-0.3, -0.25) is 0 Å². The van der Waals surface area contributed by atoms with Gasteiger partial charge in [0.2, 0.25) is 0 Å². The Morgan fingerprint density at radius 1 is 1.44 bits per heavy atom. The molecule has 1 saturated heterocycles. The van der Waals surface area contributed by atoms with Gasteiger partial charge in [0, 0.05) is 12.8 Å². The summed E-state index contributed by atoms with van der Waals surface area (Å²) in [7, 11) is 0. The molecule has 1 atom stereocenters. The topological polar surface area (TPSA) is 26.5 Å². The van der Waals surface area contributed by atoms with Crippen molar-refractivity contribution in [1.82, 2.24) is 9.38 Å². The first-order valence-electron chi connectivity index (χ1n) is 5.90. The van der Waals surface area contributed by atoms with Crippen molar-refractivity contribution in [2.45, 2.75) is 32.3 Å². The monoisotopic (exact) mass is 216 g/mol. The molecular weight excluding hydrogens is 200 g/mol. The van der Waals surface area contributed by atoms with E-state index in [1.165, 1.54) is 23.9 Å². The highest BCUT2D eigenvalue weighted by molar-refractivity contribution is 5.53. The number of aromatic nitrogens is 2. The van der Waals surface area contributed by atoms with Gasteiger partial charge >= 0.3 is 0 Å². The van der Waals surface area contributed by atoms with Crippen LogP contribution in [0.15, 0.2) is 24.5 Å². The highest BCUT2D eigenvalue weighted by Gasteiger charge is 2.20. The van der Waals surface area contributed by atoms with Crippen molar-refractivity contribution >= 4 is 5.52 Å². The summed E-state index contributed by atoms with van der Waals surface area (Å²) < 4.78 is 7.95. The van der Waals surface area contributed by atoms with Crippen LogP contribution in [0.4, 0.5) is 0 Å². The first-order chi connectivity index (χ1) is 7.86. The smallest absolute Gasteiger partial charge is 0.142 e. The minimum atomic E-state index is 0.179. The summed E-state index contributed by atoms with van der Waals surface area (Å²) in [6.07, 6.45) is 7.71. The van der Waals surface area contributed by atoms with Gasteiger partial charge < -0.3 is 9.14 Å². The van der Waals surface area contributed by atoms with Crippen LogP contribution in [0.3, 0.4) is 0 Å². The molecule has 1 fully saturated rings. The molecule has 1 aliphatic rings. The summed E-state index contributed by atoms with van der Waals surface area (Å²) in [4.78, 5) is 4.52. The molecule has 1 unspecified atom stereocenters. The molecule has 3 rings (SSSR count). The SMILES string of the molecule is Cc1cccn2c(C3CCCCO3)ncc12. The average Bonchev–Trinajstić information content (AvgIpc) is 2.75. The Morgan fingerprint density at radius 3 is 3.19 bits per heavy atom. The van der Waals surface area contributed by atoms with Crippen LogP contribution < -0.4 is 0 Å². The van der Waals surface area contributed by atoms with Crippen molar-refractivity contribution in [2.24, 2.45) is 0 Å². The summed E-state index contributed by atoms with van der Waals surface area (Å²) in [6, 6.07) is 4.18. The lowest BCUT2D eigenvalue weighted by molar-refractivity contribution is 0.00915. The molecule has 1 aliphatic heterocycles. The third kappa shape index (κ3) is 1.52. The molecule has 2 aromatic heterocycles. The summed E-state index contributed by atoms with van der Waals surface area (Å²) in [5, 5.41) is 0. The standard InChI is InChI=1S/C13H16N2O/c1-10-5-4-7-15-11(10)9-14-13(15)12-6-2-3-8-16-12/h4-5,7,9,12H,2-3,6,8H2,1H3. The van der Waals surface area contributed by atoms with Crippen LogP contribution in [0, 0.1) is 6.92 Å². The van der Waals surface area contributed by atoms with Gasteiger partial charge in [0.1, 0.15) is 11.9 Å². The number of hydrogen-bond donors (Lipinski definition) is 0. The van der Waals surface area contributed by atoms with Gasteiger partial charge in [0.05, 0.1) is 11.7 Å². The fourth-order valence-electron chi connectivity index (χ4n) is 2.37. The van der Waals surface area contributed by atoms with Gasteiger partial charge in [-0.2, -0.15) is 0 Å². The summed E-state index contributed by atoms with van der Waals surface area (Å²) in [5.74, 6) is 1.05. The maximum atomic E-state index is 5.79. The number of rotatable bonds is 1. The van der Waals surface area contributed by atoms with Gasteiger partial charge in [-0.1, -0.05) is 6.07 Å². The number of hydrogen-bond acceptors (Lipinski definition) is 2. The molecule has 84 valence electrons. The highest BCUT2D eigenvalue weighted by atomic mass is 16.5. The minimum Gasteiger partial charge on any atom is -0.370 e. The summed E-state index contributed by atoms with van der Waals surface area (Å²) in [6.45, 7) is 2.98. The van der Waals surface area contributed by atoms with Crippen LogP contribution in [0.2, 0.25) is 0 Å². The van der Waals surface area contributed by atoms with Crippen LogP contribution in [-0.2, 0) is 4.74 Å². The number of pyridine rings is 1. The van der Waals surface area contributed by atoms with Crippen LogP contribution in [0.25, 0.3) is 5.52 Å². The van der Waals surface area contributed by atoms with Crippen LogP contribution in [0.1, 0.15) is 36.8 Å². The third-order valence-corrected chi connectivity index (χ3v) is 3.28. The molecule has 0 radical (unpaired) electrons. The van der Waals surface area contributed by atoms with Crippen molar-refractivity contribution < 1.29 is 4.74 Å². The number of ether oxygens (including phenoxy) is 1. The maximum absolute atomic E-state index is 5.79. The average molecular weight is 216 g/mol. The number of imidazole rings is 1. The van der Waals surface area contributed by atoms with E-state index in [-0.39, 0.29) is 6.10 Å². The lowest BCUT2D eigenvalue weighted by atomic mass is 10.1. The Morgan fingerprint density at radius 2 is 2.38 bits per heavy atom. The van der Waals surface area contributed by atoms with E-state index in [0.717, 1.165) is 18.9 Å². The van der Waals surface area contributed by atoms with Crippen LogP contribution in [0.5, 0.6) is 0 Å². The maximum Gasteiger partial charge on any atom is 0.142 e. The van der Waals surface area contributed by atoms with E-state index in [1.807, 2.05) is 6.20 Å². The van der Waals surface area contributed by atoms with E-state index in [0.29, 0.717) is 0 Å². The van der Waals surface area contributed by atoms with Crippen LogP contribution >= 0.6 is 0 Å². The second-order valence-corrected chi connectivity index (χ2v) is 4.42. The largest absolute Gasteiger partial charge is 0.370 e. The first kappa shape index (κ1) is 9.85. The molecule has 2 aromatic rings.